The van der Waals surface area contributed by atoms with Gasteiger partial charge in [0.15, 0.2) is 0 Å². The Labute approximate surface area is 218 Å². The van der Waals surface area contributed by atoms with Crippen LogP contribution in [0.4, 0.5) is 0 Å². The Kier molecular flexibility index (Phi) is 11.7. The highest BCUT2D eigenvalue weighted by Crippen LogP contribution is 2.12. The van der Waals surface area contributed by atoms with Crippen molar-refractivity contribution in [2.75, 3.05) is 18.6 Å². The first-order chi connectivity index (χ1) is 17.6. The van der Waals surface area contributed by atoms with E-state index in [-0.39, 0.29) is 30.8 Å². The first-order valence-electron chi connectivity index (χ1n) is 11.5. The van der Waals surface area contributed by atoms with Gasteiger partial charge in [-0.3, -0.25) is 14.4 Å². The molecular weight excluding hydrogens is 500 g/mol. The molecule has 3 unspecified atom stereocenters. The van der Waals surface area contributed by atoms with Crippen molar-refractivity contribution in [2.45, 2.75) is 37.4 Å². The van der Waals surface area contributed by atoms with E-state index in [9.17, 15) is 34.5 Å². The number of carboxylic acid groups (broad SMARTS) is 1. The molecule has 0 aliphatic heterocycles. The maximum absolute atomic E-state index is 12.9. The molecule has 11 nitrogen and oxygen atoms in total. The number of aromatic hydroxyl groups is 2. The zero-order chi connectivity index (χ0) is 27.4. The molecule has 8 N–H and O–H groups in total. The van der Waals surface area contributed by atoms with Gasteiger partial charge in [0.2, 0.25) is 17.7 Å². The Hall–Kier alpha value is -3.77. The fraction of sp³-hybridized carbons (Fsp3) is 0.360. The van der Waals surface area contributed by atoms with Crippen molar-refractivity contribution in [1.82, 2.24) is 16.0 Å². The van der Waals surface area contributed by atoms with Gasteiger partial charge in [-0.05, 0) is 60.2 Å². The molecule has 0 radical (unpaired) electrons. The summed E-state index contributed by atoms with van der Waals surface area (Å²) >= 11 is 1.45. The predicted octanol–water partition coefficient (Wildman–Crippen LogP) is 0.134. The lowest BCUT2D eigenvalue weighted by Gasteiger charge is -2.22. The molecule has 3 atom stereocenters. The summed E-state index contributed by atoms with van der Waals surface area (Å²) in [6.07, 6.45) is 2.26. The molecule has 2 rings (SSSR count). The molecule has 0 aromatic heterocycles. The van der Waals surface area contributed by atoms with Gasteiger partial charge in [0, 0.05) is 6.42 Å². The lowest BCUT2D eigenvalue weighted by atomic mass is 10.0. The van der Waals surface area contributed by atoms with Gasteiger partial charge < -0.3 is 37.0 Å². The second-order valence-electron chi connectivity index (χ2n) is 8.37. The van der Waals surface area contributed by atoms with Crippen molar-refractivity contribution in [3.63, 3.8) is 0 Å². The minimum atomic E-state index is -1.25. The standard InChI is InChI=1S/C25H32N4O7S/c1-37-11-10-20(24(34)29-21(25(35)36)13-16-4-8-18(31)9-5-16)28-22(32)14-27-23(33)19(26)12-15-2-6-17(30)7-3-15/h2-9,19-21,30-31H,10-14,26H2,1H3,(H,27,33)(H,28,32)(H,29,34)(H,35,36). The second-order valence-corrected chi connectivity index (χ2v) is 9.35. The van der Waals surface area contributed by atoms with Crippen LogP contribution >= 0.6 is 11.8 Å². The third-order valence-corrected chi connectivity index (χ3v) is 6.05. The number of nitrogens with two attached hydrogens (primary N) is 1. The number of carbonyl (C=O) groups excluding carboxylic acids is 3. The summed E-state index contributed by atoms with van der Waals surface area (Å²) in [6.45, 7) is -0.416. The quantitative estimate of drug-likeness (QED) is 0.177. The van der Waals surface area contributed by atoms with E-state index in [1.54, 1.807) is 24.3 Å². The summed E-state index contributed by atoms with van der Waals surface area (Å²) in [4.78, 5) is 49.3. The topological polar surface area (TPSA) is 191 Å². The molecule has 0 fully saturated rings. The average molecular weight is 533 g/mol. The number of phenolic OH excluding ortho intramolecular Hbond substituents is 2. The highest BCUT2D eigenvalue weighted by Gasteiger charge is 2.27. The molecule has 12 heteroatoms. The van der Waals surface area contributed by atoms with Crippen LogP contribution in [0.5, 0.6) is 11.5 Å². The van der Waals surface area contributed by atoms with Gasteiger partial charge in [-0.15, -0.1) is 0 Å². The van der Waals surface area contributed by atoms with Gasteiger partial charge in [-0.1, -0.05) is 24.3 Å². The number of carbonyl (C=O) groups is 4. The normalized spacial score (nSPS) is 13.1. The van der Waals surface area contributed by atoms with Crippen LogP contribution in [0.1, 0.15) is 17.5 Å². The Morgan fingerprint density at radius 3 is 1.89 bits per heavy atom. The molecule has 0 aliphatic carbocycles. The number of phenols is 2. The number of aliphatic carboxylic acids is 1. The van der Waals surface area contributed by atoms with Crippen LogP contribution in [-0.2, 0) is 32.0 Å². The second kappa shape index (κ2) is 14.7. The highest BCUT2D eigenvalue weighted by atomic mass is 32.2. The van der Waals surface area contributed by atoms with Crippen molar-refractivity contribution in [2.24, 2.45) is 5.73 Å². The van der Waals surface area contributed by atoms with Gasteiger partial charge in [0.05, 0.1) is 12.6 Å². The summed E-state index contributed by atoms with van der Waals surface area (Å²) in [5.74, 6) is -2.44. The fourth-order valence-electron chi connectivity index (χ4n) is 3.37. The van der Waals surface area contributed by atoms with Gasteiger partial charge in [-0.25, -0.2) is 4.79 Å². The zero-order valence-electron chi connectivity index (χ0n) is 20.3. The fourth-order valence-corrected chi connectivity index (χ4v) is 3.84. The number of rotatable bonds is 14. The third kappa shape index (κ3) is 10.4. The van der Waals surface area contributed by atoms with Crippen LogP contribution in [0, 0.1) is 0 Å². The lowest BCUT2D eigenvalue weighted by Crippen LogP contribution is -2.54. The molecule has 2 aromatic carbocycles. The molecule has 200 valence electrons. The molecule has 0 saturated carbocycles. The van der Waals surface area contributed by atoms with Gasteiger partial charge in [0.25, 0.3) is 0 Å². The summed E-state index contributed by atoms with van der Waals surface area (Å²) in [7, 11) is 0. The Balaban J connectivity index is 1.92. The van der Waals surface area contributed by atoms with E-state index >= 15 is 0 Å². The summed E-state index contributed by atoms with van der Waals surface area (Å²) in [5, 5.41) is 35.7. The molecular formula is C25H32N4O7S. The van der Waals surface area contributed by atoms with Gasteiger partial charge in [0.1, 0.15) is 23.6 Å². The Morgan fingerprint density at radius 1 is 0.838 bits per heavy atom. The molecule has 0 heterocycles. The van der Waals surface area contributed by atoms with Gasteiger partial charge in [-0.2, -0.15) is 11.8 Å². The molecule has 0 aliphatic rings. The first kappa shape index (κ1) is 29.5. The summed E-state index contributed by atoms with van der Waals surface area (Å²) in [5.41, 5.74) is 7.23. The number of hydrogen-bond acceptors (Lipinski definition) is 8. The van der Waals surface area contributed by atoms with Crippen LogP contribution in [-0.4, -0.2) is 75.7 Å². The minimum absolute atomic E-state index is 0.0144. The average Bonchev–Trinajstić information content (AvgIpc) is 2.87. The molecule has 2 aromatic rings. The number of amides is 3. The van der Waals surface area contributed by atoms with Crippen LogP contribution in [0.3, 0.4) is 0 Å². The van der Waals surface area contributed by atoms with E-state index in [1.165, 1.54) is 36.0 Å². The summed E-state index contributed by atoms with van der Waals surface area (Å²) < 4.78 is 0. The summed E-state index contributed by atoms with van der Waals surface area (Å²) in [6, 6.07) is 8.99. The smallest absolute Gasteiger partial charge is 0.326 e. The van der Waals surface area contributed by atoms with Gasteiger partial charge >= 0.3 is 5.97 Å². The van der Waals surface area contributed by atoms with Crippen LogP contribution in [0.15, 0.2) is 48.5 Å². The predicted molar refractivity (Wildman–Crippen MR) is 139 cm³/mol. The van der Waals surface area contributed by atoms with Crippen molar-refractivity contribution >= 4 is 35.5 Å². The molecule has 0 bridgehead atoms. The van der Waals surface area contributed by atoms with Crippen molar-refractivity contribution < 1.29 is 34.5 Å². The Bertz CT molecular complexity index is 1060. The largest absolute Gasteiger partial charge is 0.508 e. The minimum Gasteiger partial charge on any atom is -0.508 e. The lowest BCUT2D eigenvalue weighted by molar-refractivity contribution is -0.142. The number of thioether (sulfide) groups is 1. The maximum atomic E-state index is 12.9. The number of hydrogen-bond donors (Lipinski definition) is 7. The maximum Gasteiger partial charge on any atom is 0.326 e. The van der Waals surface area contributed by atoms with E-state index in [1.807, 2.05) is 6.26 Å². The number of carboxylic acids is 1. The monoisotopic (exact) mass is 532 g/mol. The van der Waals surface area contributed by atoms with E-state index in [4.69, 9.17) is 5.73 Å². The molecule has 37 heavy (non-hydrogen) atoms. The van der Waals surface area contributed by atoms with E-state index in [0.717, 1.165) is 5.56 Å². The van der Waals surface area contributed by atoms with Crippen LogP contribution in [0.25, 0.3) is 0 Å². The van der Waals surface area contributed by atoms with Crippen molar-refractivity contribution in [3.8, 4) is 11.5 Å². The SMILES string of the molecule is CSCCC(NC(=O)CNC(=O)C(N)Cc1ccc(O)cc1)C(=O)NC(Cc1ccc(O)cc1)C(=O)O. The number of benzene rings is 2. The highest BCUT2D eigenvalue weighted by molar-refractivity contribution is 7.98. The van der Waals surface area contributed by atoms with E-state index in [0.29, 0.717) is 11.3 Å². The van der Waals surface area contributed by atoms with Crippen molar-refractivity contribution in [1.29, 1.82) is 0 Å². The molecule has 0 spiro atoms. The molecule has 0 saturated heterocycles. The van der Waals surface area contributed by atoms with Crippen LogP contribution in [0.2, 0.25) is 0 Å². The third-order valence-electron chi connectivity index (χ3n) is 5.41. The van der Waals surface area contributed by atoms with Crippen LogP contribution < -0.4 is 21.7 Å². The molecule has 3 amide bonds. The van der Waals surface area contributed by atoms with E-state index < -0.39 is 48.4 Å². The Morgan fingerprint density at radius 2 is 1.38 bits per heavy atom. The zero-order valence-corrected chi connectivity index (χ0v) is 21.2. The number of nitrogens with one attached hydrogen (secondary N) is 3. The first-order valence-corrected chi connectivity index (χ1v) is 12.9. The van der Waals surface area contributed by atoms with E-state index in [2.05, 4.69) is 16.0 Å². The van der Waals surface area contributed by atoms with Crippen molar-refractivity contribution in [3.05, 3.63) is 59.7 Å².